The van der Waals surface area contributed by atoms with E-state index in [1.54, 1.807) is 11.8 Å². The van der Waals surface area contributed by atoms with Crippen molar-refractivity contribution in [3.05, 3.63) is 29.8 Å². The van der Waals surface area contributed by atoms with Crippen molar-refractivity contribution < 1.29 is 14.7 Å². The minimum atomic E-state index is -1.24. The zero-order valence-electron chi connectivity index (χ0n) is 12.6. The van der Waals surface area contributed by atoms with Gasteiger partial charge in [0.05, 0.1) is 0 Å². The Bertz CT molecular complexity index is 544. The number of hydrogen-bond acceptors (Lipinski definition) is 2. The van der Waals surface area contributed by atoms with Crippen LogP contribution in [-0.2, 0) is 11.2 Å². The Kier molecular flexibility index (Phi) is 4.50. The number of hydrogen-bond donors (Lipinski definition) is 2. The largest absolute Gasteiger partial charge is 0.480 e. The van der Waals surface area contributed by atoms with Crippen LogP contribution in [0.4, 0.5) is 10.5 Å². The number of nitrogens with one attached hydrogen (secondary N) is 1. The summed E-state index contributed by atoms with van der Waals surface area (Å²) in [6, 6.07) is 7.48. The Morgan fingerprint density at radius 1 is 1.33 bits per heavy atom. The third-order valence-electron chi connectivity index (χ3n) is 4.17. The average molecular weight is 290 g/mol. The molecule has 0 radical (unpaired) electrons. The van der Waals surface area contributed by atoms with E-state index in [-0.39, 0.29) is 6.03 Å². The van der Waals surface area contributed by atoms with Gasteiger partial charge >= 0.3 is 12.0 Å². The quantitative estimate of drug-likeness (QED) is 0.899. The molecule has 1 atom stereocenters. The lowest BCUT2D eigenvalue weighted by Gasteiger charge is -2.30. The summed E-state index contributed by atoms with van der Waals surface area (Å²) >= 11 is 0. The first-order valence-corrected chi connectivity index (χ1v) is 7.39. The first-order valence-electron chi connectivity index (χ1n) is 7.39. The molecule has 5 heteroatoms. The van der Waals surface area contributed by atoms with Crippen molar-refractivity contribution >= 4 is 17.7 Å². The van der Waals surface area contributed by atoms with E-state index in [4.69, 9.17) is 0 Å². The van der Waals surface area contributed by atoms with E-state index in [0.29, 0.717) is 13.0 Å². The number of carboxylic acids is 1. The van der Waals surface area contributed by atoms with Crippen molar-refractivity contribution in [3.8, 4) is 0 Å². The number of rotatable bonds is 3. The van der Waals surface area contributed by atoms with Crippen LogP contribution in [-0.4, -0.2) is 29.2 Å². The molecule has 0 saturated carbocycles. The summed E-state index contributed by atoms with van der Waals surface area (Å²) in [5, 5.41) is 12.0. The molecule has 2 N–H and O–H groups in total. The number of carbonyl (C=O) groups is 2. The maximum absolute atomic E-state index is 12.5. The summed E-state index contributed by atoms with van der Waals surface area (Å²) in [5.74, 6) is -1.01. The number of carbonyl (C=O) groups excluding carboxylic acids is 1. The van der Waals surface area contributed by atoms with E-state index in [0.717, 1.165) is 30.5 Å². The van der Waals surface area contributed by atoms with E-state index in [2.05, 4.69) is 5.32 Å². The highest BCUT2D eigenvalue weighted by atomic mass is 16.4. The summed E-state index contributed by atoms with van der Waals surface area (Å²) in [6.45, 7) is 3.91. The molecule has 0 fully saturated rings. The van der Waals surface area contributed by atoms with Crippen LogP contribution in [0.1, 0.15) is 38.7 Å². The summed E-state index contributed by atoms with van der Waals surface area (Å²) in [4.78, 5) is 25.6. The third-order valence-corrected chi connectivity index (χ3v) is 4.17. The Balaban J connectivity index is 2.25. The van der Waals surface area contributed by atoms with Gasteiger partial charge in [-0.15, -0.1) is 0 Å². The second-order valence-corrected chi connectivity index (χ2v) is 5.66. The predicted octanol–water partition coefficient (Wildman–Crippen LogP) is 2.79. The van der Waals surface area contributed by atoms with Crippen LogP contribution in [0.2, 0.25) is 0 Å². The number of aryl methyl sites for hydroxylation is 1. The van der Waals surface area contributed by atoms with Crippen molar-refractivity contribution in [2.75, 3.05) is 11.4 Å². The fourth-order valence-electron chi connectivity index (χ4n) is 2.50. The Hall–Kier alpha value is -2.04. The molecule has 1 aromatic carbocycles. The van der Waals surface area contributed by atoms with Crippen molar-refractivity contribution in [1.82, 2.24) is 5.32 Å². The van der Waals surface area contributed by atoms with E-state index in [1.165, 1.54) is 6.92 Å². The molecule has 2 rings (SSSR count). The highest BCUT2D eigenvalue weighted by molar-refractivity contribution is 5.96. The highest BCUT2D eigenvalue weighted by Crippen LogP contribution is 2.26. The smallest absolute Gasteiger partial charge is 0.329 e. The van der Waals surface area contributed by atoms with Gasteiger partial charge < -0.3 is 10.4 Å². The molecule has 1 unspecified atom stereocenters. The summed E-state index contributed by atoms with van der Waals surface area (Å²) in [6.07, 6.45) is 3.23. The molecule has 0 spiro atoms. The van der Waals surface area contributed by atoms with E-state index >= 15 is 0 Å². The topological polar surface area (TPSA) is 69.6 Å². The molecule has 1 aliphatic heterocycles. The molecule has 0 aliphatic carbocycles. The molecule has 2 amide bonds. The Labute approximate surface area is 125 Å². The molecular weight excluding hydrogens is 268 g/mol. The first kappa shape index (κ1) is 15.4. The first-order chi connectivity index (χ1) is 9.98. The van der Waals surface area contributed by atoms with Gasteiger partial charge in [0, 0.05) is 12.2 Å². The normalized spacial score (nSPS) is 17.3. The number of para-hydroxylation sites is 1. The molecule has 114 valence electrons. The molecule has 1 aliphatic rings. The zero-order chi connectivity index (χ0) is 15.5. The fraction of sp³-hybridized carbons (Fsp3) is 0.500. The molecule has 0 aromatic heterocycles. The van der Waals surface area contributed by atoms with Crippen molar-refractivity contribution in [2.45, 2.75) is 45.1 Å². The van der Waals surface area contributed by atoms with Gasteiger partial charge in [0.25, 0.3) is 0 Å². The van der Waals surface area contributed by atoms with Gasteiger partial charge in [-0.25, -0.2) is 9.59 Å². The average Bonchev–Trinajstić information content (AvgIpc) is 2.69. The monoisotopic (exact) mass is 290 g/mol. The minimum Gasteiger partial charge on any atom is -0.480 e. The molecule has 0 saturated heterocycles. The van der Waals surface area contributed by atoms with Gasteiger partial charge in [-0.2, -0.15) is 0 Å². The van der Waals surface area contributed by atoms with Crippen LogP contribution in [0.25, 0.3) is 0 Å². The van der Waals surface area contributed by atoms with E-state index < -0.39 is 11.5 Å². The minimum absolute atomic E-state index is 0.337. The highest BCUT2D eigenvalue weighted by Gasteiger charge is 2.35. The van der Waals surface area contributed by atoms with Gasteiger partial charge in [-0.05, 0) is 44.2 Å². The van der Waals surface area contributed by atoms with E-state index in [9.17, 15) is 14.7 Å². The zero-order valence-corrected chi connectivity index (χ0v) is 12.6. The Morgan fingerprint density at radius 3 is 2.71 bits per heavy atom. The number of nitrogens with zero attached hydrogens (tertiary/aromatic N) is 1. The number of amides is 2. The third kappa shape index (κ3) is 3.17. The molecule has 21 heavy (non-hydrogen) atoms. The van der Waals surface area contributed by atoms with E-state index in [1.807, 2.05) is 24.3 Å². The summed E-state index contributed by atoms with van der Waals surface area (Å²) < 4.78 is 0. The number of benzene rings is 1. The number of carboxylic acid groups (broad SMARTS) is 1. The number of fused-ring (bicyclic) bond motifs is 1. The fourth-order valence-corrected chi connectivity index (χ4v) is 2.50. The van der Waals surface area contributed by atoms with Crippen molar-refractivity contribution in [1.29, 1.82) is 0 Å². The van der Waals surface area contributed by atoms with Gasteiger partial charge in [0.15, 0.2) is 0 Å². The van der Waals surface area contributed by atoms with Crippen LogP contribution < -0.4 is 10.2 Å². The lowest BCUT2D eigenvalue weighted by atomic mass is 9.99. The van der Waals surface area contributed by atoms with Crippen LogP contribution >= 0.6 is 0 Å². The number of anilines is 1. The lowest BCUT2D eigenvalue weighted by Crippen LogP contribution is -2.56. The summed E-state index contributed by atoms with van der Waals surface area (Å²) in [5.41, 5.74) is 0.785. The number of aliphatic carboxylic acids is 1. The van der Waals surface area contributed by atoms with Crippen molar-refractivity contribution in [2.24, 2.45) is 0 Å². The van der Waals surface area contributed by atoms with Gasteiger partial charge in [0.1, 0.15) is 5.54 Å². The molecule has 1 aromatic rings. The van der Waals surface area contributed by atoms with Crippen LogP contribution in [0.15, 0.2) is 24.3 Å². The molecular formula is C16H22N2O3. The summed E-state index contributed by atoms with van der Waals surface area (Å²) in [7, 11) is 0. The second-order valence-electron chi connectivity index (χ2n) is 5.66. The maximum Gasteiger partial charge on any atom is 0.329 e. The van der Waals surface area contributed by atoms with Gasteiger partial charge in [-0.1, -0.05) is 25.1 Å². The van der Waals surface area contributed by atoms with Crippen molar-refractivity contribution in [3.63, 3.8) is 0 Å². The van der Waals surface area contributed by atoms with Crippen LogP contribution in [0.3, 0.4) is 0 Å². The van der Waals surface area contributed by atoms with Gasteiger partial charge in [0.2, 0.25) is 0 Å². The molecule has 0 bridgehead atoms. The molecule has 5 nitrogen and oxygen atoms in total. The lowest BCUT2D eigenvalue weighted by molar-refractivity contribution is -0.143. The maximum atomic E-state index is 12.5. The standard InChI is InChI=1S/C16H22N2O3/c1-3-16(2,14(19)20)17-15(21)18-11-7-6-9-12-8-4-5-10-13(12)18/h4-5,8,10H,3,6-7,9,11H2,1-2H3,(H,17,21)(H,19,20). The molecule has 1 heterocycles. The second kappa shape index (κ2) is 6.16. The number of urea groups is 1. The van der Waals surface area contributed by atoms with Crippen LogP contribution in [0.5, 0.6) is 0 Å². The SMILES string of the molecule is CCC(C)(NC(=O)N1CCCCc2ccccc21)C(=O)O. The van der Waals surface area contributed by atoms with Gasteiger partial charge in [-0.3, -0.25) is 4.90 Å². The Morgan fingerprint density at radius 2 is 2.05 bits per heavy atom. The van der Waals surface area contributed by atoms with Crippen LogP contribution in [0, 0.1) is 0 Å². The predicted molar refractivity (Wildman–Crippen MR) is 81.6 cm³/mol.